The van der Waals surface area contributed by atoms with Gasteiger partial charge in [0.1, 0.15) is 48.4 Å². The van der Waals surface area contributed by atoms with E-state index in [1.165, 1.54) is 14.7 Å². The lowest BCUT2D eigenvalue weighted by Crippen LogP contribution is -2.60. The van der Waals surface area contributed by atoms with Gasteiger partial charge in [0.25, 0.3) is 0 Å². The van der Waals surface area contributed by atoms with Gasteiger partial charge in [-0.3, -0.25) is 24.0 Å². The highest BCUT2D eigenvalue weighted by molar-refractivity contribution is 5.97. The van der Waals surface area contributed by atoms with E-state index >= 15 is 9.59 Å². The fourth-order valence-corrected chi connectivity index (χ4v) is 13.0. The molecule has 3 aliphatic heterocycles. The van der Waals surface area contributed by atoms with Crippen molar-refractivity contribution in [2.75, 3.05) is 26.2 Å². The average molecular weight is 1120 g/mol. The molecule has 17 nitrogen and oxygen atoms in total. The van der Waals surface area contributed by atoms with Crippen LogP contribution in [-0.2, 0) is 45.5 Å². The number of nitrogens with one attached hydrogen (secondary N) is 3. The second-order valence-corrected chi connectivity index (χ2v) is 23.1. The highest BCUT2D eigenvalue weighted by Gasteiger charge is 2.47. The number of carboxylic acid groups (broad SMARTS) is 1. The van der Waals surface area contributed by atoms with E-state index < -0.39 is 83.4 Å². The Morgan fingerprint density at radius 3 is 1.58 bits per heavy atom. The summed E-state index contributed by atoms with van der Waals surface area (Å²) in [5.74, 6) is -4.45. The van der Waals surface area contributed by atoms with Gasteiger partial charge in [-0.05, 0) is 95.7 Å². The van der Waals surface area contributed by atoms with Crippen LogP contribution in [-0.4, -0.2) is 133 Å². The zero-order chi connectivity index (χ0) is 58.4. The third kappa shape index (κ3) is 11.9. The number of carboxylic acids is 1. The minimum atomic E-state index is -1.34. The number of hydrogen-bond donors (Lipinski definition) is 4. The molecule has 4 heterocycles. The highest BCUT2D eigenvalue weighted by atomic mass is 16.5. The van der Waals surface area contributed by atoms with Crippen molar-refractivity contribution in [1.29, 1.82) is 0 Å². The van der Waals surface area contributed by atoms with Crippen molar-refractivity contribution < 1.29 is 43.4 Å². The molecule has 0 unspecified atom stereocenters. The molecule has 6 atom stereocenters. The van der Waals surface area contributed by atoms with E-state index in [9.17, 15) is 29.1 Å². The molecule has 10 rings (SSSR count). The Balaban J connectivity index is 0.930. The Hall–Kier alpha value is -8.60. The number of hydrogen-bond acceptors (Lipinski definition) is 9. The van der Waals surface area contributed by atoms with Crippen LogP contribution in [0.3, 0.4) is 0 Å². The lowest BCUT2D eigenvalue weighted by molar-refractivity contribution is -0.153. The predicted octanol–water partition coefficient (Wildman–Crippen LogP) is 7.90. The topological polar surface area (TPSA) is 213 Å². The molecule has 0 bridgehead atoms. The molecule has 6 aromatic rings. The van der Waals surface area contributed by atoms with Crippen LogP contribution in [0, 0.1) is 11.8 Å². The molecule has 0 saturated carbocycles. The van der Waals surface area contributed by atoms with Crippen molar-refractivity contribution in [3.05, 3.63) is 186 Å². The third-order valence-electron chi connectivity index (χ3n) is 17.0. The number of aromatic nitrogens is 2. The summed E-state index contributed by atoms with van der Waals surface area (Å²) in [4.78, 5) is 109. The minimum Gasteiger partial charge on any atom is -0.480 e. The molecular formula is C66H74N8O9. The fourth-order valence-electron chi connectivity index (χ4n) is 13.0. The van der Waals surface area contributed by atoms with Crippen molar-refractivity contribution in [3.8, 4) is 11.1 Å². The van der Waals surface area contributed by atoms with E-state index in [1.807, 2.05) is 128 Å². The Bertz CT molecular complexity index is 3170. The van der Waals surface area contributed by atoms with Crippen LogP contribution in [0.5, 0.6) is 0 Å². The van der Waals surface area contributed by atoms with Gasteiger partial charge in [-0.25, -0.2) is 14.6 Å². The van der Waals surface area contributed by atoms with Crippen LogP contribution in [0.25, 0.3) is 11.1 Å². The molecule has 1 aliphatic carbocycles. The van der Waals surface area contributed by atoms with Crippen molar-refractivity contribution >= 4 is 41.6 Å². The molecule has 4 aliphatic rings. The monoisotopic (exact) mass is 1120 g/mol. The van der Waals surface area contributed by atoms with Gasteiger partial charge < -0.3 is 45.1 Å². The molecule has 432 valence electrons. The number of alkyl carbamates (subject to hydrolysis) is 1. The number of rotatable bonds is 20. The molecule has 0 spiro atoms. The largest absolute Gasteiger partial charge is 0.480 e. The van der Waals surface area contributed by atoms with Crippen LogP contribution in [0.1, 0.15) is 112 Å². The Labute approximate surface area is 484 Å². The summed E-state index contributed by atoms with van der Waals surface area (Å²) in [6.07, 6.45) is 5.54. The second kappa shape index (κ2) is 25.3. The number of nitrogens with zero attached hydrogens (tertiary/aromatic N) is 5. The molecule has 83 heavy (non-hydrogen) atoms. The molecule has 5 aromatic carbocycles. The zero-order valence-electron chi connectivity index (χ0n) is 47.6. The van der Waals surface area contributed by atoms with Crippen molar-refractivity contribution in [3.63, 3.8) is 0 Å². The fraction of sp³-hybridized carbons (Fsp3) is 0.394. The van der Waals surface area contributed by atoms with Crippen molar-refractivity contribution in [1.82, 2.24) is 40.2 Å². The third-order valence-corrected chi connectivity index (χ3v) is 17.0. The first-order chi connectivity index (χ1) is 40.1. The number of aliphatic carboxylic acids is 1. The molecule has 3 saturated heterocycles. The van der Waals surface area contributed by atoms with Gasteiger partial charge in [0, 0.05) is 38.2 Å². The maximum absolute atomic E-state index is 15.3. The number of fused-ring (bicyclic) bond motifs is 3. The quantitative estimate of drug-likeness (QED) is 0.0543. The smallest absolute Gasteiger partial charge is 0.407 e. The molecule has 6 amide bonds. The lowest BCUT2D eigenvalue weighted by Gasteiger charge is -2.37. The SMILES string of the molecule is CC(C)C[C@H](NC(=O)[C@H](Cc1cn(C(c2ccccc2)(c2ccccc2)c2ccccc2)cn1)NC(=O)[C@@H](NC(=O)OCC1c2ccccc2-c2ccccc21)C(C)C)C(=O)N1CCC[C@H]1C(=O)N1CCC[C@H]1C(=O)N1CCC[C@H]1C(=O)O. The van der Waals surface area contributed by atoms with E-state index in [-0.39, 0.29) is 43.7 Å². The van der Waals surface area contributed by atoms with Crippen LogP contribution in [0.2, 0.25) is 0 Å². The number of benzene rings is 5. The minimum absolute atomic E-state index is 0.0215. The molecule has 1 aromatic heterocycles. The van der Waals surface area contributed by atoms with Crippen LogP contribution in [0.4, 0.5) is 4.79 Å². The van der Waals surface area contributed by atoms with E-state index in [1.54, 1.807) is 20.2 Å². The van der Waals surface area contributed by atoms with Gasteiger partial charge >= 0.3 is 12.1 Å². The van der Waals surface area contributed by atoms with Gasteiger partial charge in [-0.2, -0.15) is 0 Å². The first-order valence-corrected chi connectivity index (χ1v) is 29.2. The van der Waals surface area contributed by atoms with E-state index in [0.29, 0.717) is 57.3 Å². The van der Waals surface area contributed by atoms with Gasteiger partial charge in [-0.15, -0.1) is 0 Å². The standard InChI is InChI=1S/C66H74N8O9/c1-42(2)37-54(61(77)72-34-18-31-55(72)62(78)73-35-19-32-56(73)63(79)74-36-20-33-57(74)64(80)81)69-59(75)53(68-60(76)58(43(3)4)70-65(82)83-40-52-50-29-16-14-27-48(50)49-28-15-17-30-51(49)52)38-47-39-71(41-67-47)66(44-21-8-5-9-22-44,45-23-10-6-11-24-45)46-25-12-7-13-26-46/h5-17,21-30,39,41-43,52-58H,18-20,31-38,40H2,1-4H3,(H,68,76)(H,69,75)(H,70,82)(H,80,81)/t53-,54-,55-,56-,57-,58-/m0/s1. The first-order valence-electron chi connectivity index (χ1n) is 29.2. The summed E-state index contributed by atoms with van der Waals surface area (Å²) in [6, 6.07) is 39.8. The Morgan fingerprint density at radius 2 is 1.06 bits per heavy atom. The van der Waals surface area contributed by atoms with E-state index in [0.717, 1.165) is 38.9 Å². The summed E-state index contributed by atoms with van der Waals surface area (Å²) in [5, 5.41) is 18.7. The summed E-state index contributed by atoms with van der Waals surface area (Å²) < 4.78 is 7.92. The number of likely N-dealkylation sites (tertiary alicyclic amines) is 3. The maximum atomic E-state index is 15.3. The summed E-state index contributed by atoms with van der Waals surface area (Å²) in [7, 11) is 0. The number of imidazole rings is 1. The van der Waals surface area contributed by atoms with Gasteiger partial charge in [0.2, 0.25) is 29.5 Å². The van der Waals surface area contributed by atoms with Crippen molar-refractivity contribution in [2.45, 2.75) is 127 Å². The Morgan fingerprint density at radius 1 is 0.590 bits per heavy atom. The molecule has 17 heteroatoms. The first kappa shape index (κ1) is 57.6. The molecule has 4 N–H and O–H groups in total. The molecular weight excluding hydrogens is 1050 g/mol. The van der Waals surface area contributed by atoms with Gasteiger partial charge in [0.15, 0.2) is 0 Å². The van der Waals surface area contributed by atoms with Crippen LogP contribution < -0.4 is 16.0 Å². The highest BCUT2D eigenvalue weighted by Crippen LogP contribution is 2.45. The summed E-state index contributed by atoms with van der Waals surface area (Å²) in [6.45, 7) is 8.26. The lowest BCUT2D eigenvalue weighted by atomic mass is 9.77. The van der Waals surface area contributed by atoms with Gasteiger partial charge in [-0.1, -0.05) is 167 Å². The summed E-state index contributed by atoms with van der Waals surface area (Å²) >= 11 is 0. The number of amides is 6. The normalized spacial score (nSPS) is 18.8. The number of carbonyl (C=O) groups is 7. The average Bonchev–Trinajstić information content (AvgIpc) is 3.27. The van der Waals surface area contributed by atoms with E-state index in [4.69, 9.17) is 9.72 Å². The second-order valence-electron chi connectivity index (χ2n) is 23.1. The van der Waals surface area contributed by atoms with Gasteiger partial charge in [0.05, 0.1) is 12.0 Å². The maximum Gasteiger partial charge on any atom is 0.407 e. The summed E-state index contributed by atoms with van der Waals surface area (Å²) in [5.41, 5.74) is 6.55. The van der Waals surface area contributed by atoms with E-state index in [2.05, 4.69) is 52.3 Å². The van der Waals surface area contributed by atoms with Crippen molar-refractivity contribution in [2.24, 2.45) is 11.8 Å². The number of ether oxygens (including phenoxy) is 1. The molecule has 3 fully saturated rings. The molecule has 0 radical (unpaired) electrons. The zero-order valence-corrected chi connectivity index (χ0v) is 47.6. The van der Waals surface area contributed by atoms with Crippen LogP contribution >= 0.6 is 0 Å². The Kier molecular flexibility index (Phi) is 17.5. The van der Waals surface area contributed by atoms with Crippen LogP contribution in [0.15, 0.2) is 152 Å². The number of carbonyl (C=O) groups excluding carboxylic acids is 6. The predicted molar refractivity (Wildman–Crippen MR) is 313 cm³/mol.